The molecule has 0 bridgehead atoms. The van der Waals surface area contributed by atoms with Crippen molar-refractivity contribution in [2.45, 2.75) is 19.2 Å². The molecule has 0 saturated heterocycles. The Morgan fingerprint density at radius 3 is 2.25 bits per heavy atom. The number of hydrogen-bond donors (Lipinski definition) is 3. The van der Waals surface area contributed by atoms with Gasteiger partial charge in [0.2, 0.25) is 5.91 Å². The number of rotatable bonds is 7. The van der Waals surface area contributed by atoms with Crippen LogP contribution in [0.1, 0.15) is 16.7 Å². The molecule has 6 heteroatoms. The fraction of sp³-hybridized carbons (Fsp3) is 0.222. The summed E-state index contributed by atoms with van der Waals surface area (Å²) in [6, 6.07) is 14.9. The molecule has 0 aromatic heterocycles. The van der Waals surface area contributed by atoms with E-state index >= 15 is 0 Å². The second kappa shape index (κ2) is 8.98. The van der Waals surface area contributed by atoms with Crippen LogP contribution in [0.15, 0.2) is 48.5 Å². The number of nitrogens with one attached hydrogen (secondary N) is 2. The van der Waals surface area contributed by atoms with Gasteiger partial charge in [-0.3, -0.25) is 4.79 Å². The molecule has 0 aliphatic rings. The summed E-state index contributed by atoms with van der Waals surface area (Å²) in [7, 11) is 0. The molecule has 5 nitrogen and oxygen atoms in total. The average molecular weight is 343 g/mol. The third-order valence-corrected chi connectivity index (χ3v) is 4.34. The van der Waals surface area contributed by atoms with Crippen LogP contribution in [0.5, 0.6) is 0 Å². The molecule has 0 saturated carbocycles. The van der Waals surface area contributed by atoms with E-state index in [-0.39, 0.29) is 5.91 Å². The summed E-state index contributed by atoms with van der Waals surface area (Å²) < 4.78 is 0. The van der Waals surface area contributed by atoms with Crippen molar-refractivity contribution in [3.63, 3.8) is 0 Å². The number of aryl methyl sites for hydroxylation is 1. The zero-order chi connectivity index (χ0) is 17.4. The second-order valence-electron chi connectivity index (χ2n) is 5.44. The SMILES string of the molecule is Cc1ccc(CSCC(=O)NCc2ccc(NC(N)=O)cc2)cc1. The number of hydrogen-bond acceptors (Lipinski definition) is 3. The zero-order valence-electron chi connectivity index (χ0n) is 13.5. The second-order valence-corrected chi connectivity index (χ2v) is 6.43. The summed E-state index contributed by atoms with van der Waals surface area (Å²) in [5.74, 6) is 1.25. The van der Waals surface area contributed by atoms with Gasteiger partial charge in [-0.2, -0.15) is 0 Å². The van der Waals surface area contributed by atoms with E-state index in [9.17, 15) is 9.59 Å². The molecule has 126 valence electrons. The molecule has 0 fully saturated rings. The van der Waals surface area contributed by atoms with Crippen LogP contribution in [0.2, 0.25) is 0 Å². The first-order chi connectivity index (χ1) is 11.5. The summed E-state index contributed by atoms with van der Waals surface area (Å²) in [5, 5.41) is 5.37. The molecule has 0 aliphatic carbocycles. The van der Waals surface area contributed by atoms with E-state index in [1.165, 1.54) is 11.1 Å². The molecule has 0 radical (unpaired) electrons. The predicted octanol–water partition coefficient (Wildman–Crippen LogP) is 3.04. The largest absolute Gasteiger partial charge is 0.351 e. The van der Waals surface area contributed by atoms with Gasteiger partial charge in [-0.1, -0.05) is 42.0 Å². The topological polar surface area (TPSA) is 84.2 Å². The van der Waals surface area contributed by atoms with Crippen molar-refractivity contribution in [3.05, 3.63) is 65.2 Å². The standard InChI is InChI=1S/C18H21N3O2S/c1-13-2-4-15(5-3-13)11-24-12-17(22)20-10-14-6-8-16(9-7-14)21-18(19)23/h2-9H,10-12H2,1H3,(H,20,22)(H3,19,21,23). The van der Waals surface area contributed by atoms with Crippen LogP contribution in [-0.2, 0) is 17.1 Å². The molecular weight excluding hydrogens is 322 g/mol. The van der Waals surface area contributed by atoms with Crippen LogP contribution in [0.3, 0.4) is 0 Å². The minimum Gasteiger partial charge on any atom is -0.351 e. The number of carbonyl (C=O) groups is 2. The average Bonchev–Trinajstić information content (AvgIpc) is 2.55. The Labute approximate surface area is 146 Å². The molecule has 0 heterocycles. The summed E-state index contributed by atoms with van der Waals surface area (Å²) in [5.41, 5.74) is 9.09. The molecule has 2 aromatic carbocycles. The van der Waals surface area contributed by atoms with Gasteiger partial charge in [-0.15, -0.1) is 11.8 Å². The maximum absolute atomic E-state index is 11.9. The number of amides is 3. The van der Waals surface area contributed by atoms with Crippen LogP contribution >= 0.6 is 11.8 Å². The minimum absolute atomic E-state index is 0.00597. The zero-order valence-corrected chi connectivity index (χ0v) is 14.4. The van der Waals surface area contributed by atoms with Crippen molar-refractivity contribution in [1.82, 2.24) is 5.32 Å². The molecule has 24 heavy (non-hydrogen) atoms. The molecule has 2 rings (SSSR count). The van der Waals surface area contributed by atoms with Crippen LogP contribution in [0.25, 0.3) is 0 Å². The first-order valence-electron chi connectivity index (χ1n) is 7.58. The first-order valence-corrected chi connectivity index (χ1v) is 8.74. The number of carbonyl (C=O) groups excluding carboxylic acids is 2. The molecule has 0 aliphatic heterocycles. The van der Waals surface area contributed by atoms with E-state index in [4.69, 9.17) is 5.73 Å². The van der Waals surface area contributed by atoms with Gasteiger partial charge in [-0.25, -0.2) is 4.79 Å². The van der Waals surface area contributed by atoms with Gasteiger partial charge in [0.1, 0.15) is 0 Å². The number of benzene rings is 2. The van der Waals surface area contributed by atoms with Gasteiger partial charge in [-0.05, 0) is 30.2 Å². The predicted molar refractivity (Wildman–Crippen MR) is 98.8 cm³/mol. The maximum Gasteiger partial charge on any atom is 0.316 e. The molecule has 0 atom stereocenters. The van der Waals surface area contributed by atoms with Gasteiger partial charge in [0.25, 0.3) is 0 Å². The van der Waals surface area contributed by atoms with Crippen LogP contribution in [-0.4, -0.2) is 17.7 Å². The highest BCUT2D eigenvalue weighted by molar-refractivity contribution is 7.99. The fourth-order valence-electron chi connectivity index (χ4n) is 2.05. The van der Waals surface area contributed by atoms with E-state index in [2.05, 4.69) is 41.8 Å². The summed E-state index contributed by atoms with van der Waals surface area (Å²) in [4.78, 5) is 22.6. The van der Waals surface area contributed by atoms with Gasteiger partial charge in [0.15, 0.2) is 0 Å². The monoisotopic (exact) mass is 343 g/mol. The molecule has 0 unspecified atom stereocenters. The quantitative estimate of drug-likeness (QED) is 0.722. The molecule has 3 amide bonds. The normalized spacial score (nSPS) is 10.2. The van der Waals surface area contributed by atoms with E-state index in [0.717, 1.165) is 11.3 Å². The highest BCUT2D eigenvalue weighted by Gasteiger charge is 2.03. The lowest BCUT2D eigenvalue weighted by molar-refractivity contribution is -0.118. The summed E-state index contributed by atoms with van der Waals surface area (Å²) >= 11 is 1.59. The number of nitrogens with two attached hydrogens (primary N) is 1. The van der Waals surface area contributed by atoms with Crippen molar-refractivity contribution >= 4 is 29.4 Å². The van der Waals surface area contributed by atoms with Crippen molar-refractivity contribution in [1.29, 1.82) is 0 Å². The smallest absolute Gasteiger partial charge is 0.316 e. The number of thioether (sulfide) groups is 1. The third-order valence-electron chi connectivity index (χ3n) is 3.33. The Hall–Kier alpha value is -2.47. The van der Waals surface area contributed by atoms with E-state index in [1.54, 1.807) is 23.9 Å². The highest BCUT2D eigenvalue weighted by Crippen LogP contribution is 2.13. The Balaban J connectivity index is 1.69. The van der Waals surface area contributed by atoms with Crippen LogP contribution in [0.4, 0.5) is 10.5 Å². The van der Waals surface area contributed by atoms with Crippen LogP contribution < -0.4 is 16.4 Å². The summed E-state index contributed by atoms with van der Waals surface area (Å²) in [6.07, 6.45) is 0. The molecular formula is C18H21N3O2S. The lowest BCUT2D eigenvalue weighted by atomic mass is 10.2. The van der Waals surface area contributed by atoms with Gasteiger partial charge in [0, 0.05) is 18.0 Å². The molecule has 0 spiro atoms. The Morgan fingerprint density at radius 1 is 1.00 bits per heavy atom. The van der Waals surface area contributed by atoms with Gasteiger partial charge >= 0.3 is 6.03 Å². The summed E-state index contributed by atoms with van der Waals surface area (Å²) in [6.45, 7) is 2.52. The third kappa shape index (κ3) is 6.34. The van der Waals surface area contributed by atoms with E-state index in [0.29, 0.717) is 18.0 Å². The number of urea groups is 1. The minimum atomic E-state index is -0.596. The van der Waals surface area contributed by atoms with Crippen molar-refractivity contribution in [3.8, 4) is 0 Å². The Morgan fingerprint density at radius 2 is 1.62 bits per heavy atom. The van der Waals surface area contributed by atoms with Crippen molar-refractivity contribution in [2.24, 2.45) is 5.73 Å². The first kappa shape index (κ1) is 17.9. The lowest BCUT2D eigenvalue weighted by Gasteiger charge is -2.07. The molecule has 4 N–H and O–H groups in total. The molecule has 2 aromatic rings. The lowest BCUT2D eigenvalue weighted by Crippen LogP contribution is -2.24. The Kier molecular flexibility index (Phi) is 6.69. The van der Waals surface area contributed by atoms with E-state index < -0.39 is 6.03 Å². The van der Waals surface area contributed by atoms with Gasteiger partial charge in [0.05, 0.1) is 5.75 Å². The van der Waals surface area contributed by atoms with Crippen molar-refractivity contribution in [2.75, 3.05) is 11.1 Å². The maximum atomic E-state index is 11.9. The number of primary amides is 1. The van der Waals surface area contributed by atoms with Gasteiger partial charge < -0.3 is 16.4 Å². The fourth-order valence-corrected chi connectivity index (χ4v) is 2.86. The number of anilines is 1. The Bertz CT molecular complexity index is 684. The van der Waals surface area contributed by atoms with Crippen molar-refractivity contribution < 1.29 is 9.59 Å². The highest BCUT2D eigenvalue weighted by atomic mass is 32.2. The van der Waals surface area contributed by atoms with Crippen LogP contribution in [0, 0.1) is 6.92 Å². The van der Waals surface area contributed by atoms with E-state index in [1.807, 2.05) is 12.1 Å².